The quantitative estimate of drug-likeness (QED) is 0.841. The number of carbonyl (C=O) groups is 2. The number of nitrogen functional groups attached to an aromatic ring is 1. The van der Waals surface area contributed by atoms with Crippen molar-refractivity contribution in [1.82, 2.24) is 4.90 Å². The first-order valence-electron chi connectivity index (χ1n) is 7.02. The molecule has 0 aromatic heterocycles. The van der Waals surface area contributed by atoms with E-state index in [1.165, 1.54) is 11.0 Å². The number of hydrogen-bond acceptors (Lipinski definition) is 3. The topological polar surface area (TPSA) is 83.6 Å². The number of nitrogens with zero attached hydrogens (tertiary/aromatic N) is 1. The van der Waals surface area contributed by atoms with E-state index in [4.69, 9.17) is 17.3 Å². The molecule has 6 heteroatoms. The molecule has 0 saturated carbocycles. The molecule has 2 unspecified atom stereocenters. The second-order valence-corrected chi connectivity index (χ2v) is 5.79. The van der Waals surface area contributed by atoms with Gasteiger partial charge in [-0.3, -0.25) is 4.79 Å². The van der Waals surface area contributed by atoms with Crippen LogP contribution in [0.1, 0.15) is 36.5 Å². The van der Waals surface area contributed by atoms with Crippen molar-refractivity contribution < 1.29 is 14.7 Å². The third-order valence-corrected chi connectivity index (χ3v) is 4.41. The highest BCUT2D eigenvalue weighted by Gasteiger charge is 2.36. The zero-order valence-corrected chi connectivity index (χ0v) is 12.6. The van der Waals surface area contributed by atoms with Crippen molar-refractivity contribution in [1.29, 1.82) is 0 Å². The van der Waals surface area contributed by atoms with Crippen molar-refractivity contribution >= 4 is 29.2 Å². The predicted octanol–water partition coefficient (Wildman–Crippen LogP) is 2.64. The largest absolute Gasteiger partial charge is 0.480 e. The van der Waals surface area contributed by atoms with Crippen molar-refractivity contribution in [2.75, 3.05) is 12.3 Å². The lowest BCUT2D eigenvalue weighted by Gasteiger charge is -2.37. The number of aliphatic carboxylic acids is 1. The minimum absolute atomic E-state index is 0.302. The second kappa shape index (κ2) is 6.35. The molecular weight excluding hydrogens is 292 g/mol. The summed E-state index contributed by atoms with van der Waals surface area (Å²) >= 11 is 5.93. The molecule has 5 nitrogen and oxygen atoms in total. The van der Waals surface area contributed by atoms with Crippen molar-refractivity contribution in [3.05, 3.63) is 28.8 Å². The lowest BCUT2D eigenvalue weighted by Crippen LogP contribution is -2.50. The number of anilines is 1. The van der Waals surface area contributed by atoms with Crippen LogP contribution in [-0.2, 0) is 4.79 Å². The van der Waals surface area contributed by atoms with E-state index in [0.29, 0.717) is 35.2 Å². The first-order valence-corrected chi connectivity index (χ1v) is 7.40. The number of rotatable bonds is 3. The van der Waals surface area contributed by atoms with Crippen LogP contribution in [0.3, 0.4) is 0 Å². The molecule has 21 heavy (non-hydrogen) atoms. The number of benzene rings is 1. The smallest absolute Gasteiger partial charge is 0.326 e. The highest BCUT2D eigenvalue weighted by atomic mass is 35.5. The molecule has 0 aliphatic carbocycles. The zero-order chi connectivity index (χ0) is 15.6. The molecule has 1 aromatic rings. The van der Waals surface area contributed by atoms with Crippen LogP contribution in [-0.4, -0.2) is 34.5 Å². The lowest BCUT2D eigenvalue weighted by molar-refractivity contribution is -0.144. The summed E-state index contributed by atoms with van der Waals surface area (Å²) in [5, 5.41) is 9.68. The summed E-state index contributed by atoms with van der Waals surface area (Å²) in [7, 11) is 0. The lowest BCUT2D eigenvalue weighted by atomic mass is 9.88. The van der Waals surface area contributed by atoms with Crippen molar-refractivity contribution in [2.24, 2.45) is 5.92 Å². The molecule has 0 spiro atoms. The summed E-state index contributed by atoms with van der Waals surface area (Å²) in [6, 6.07) is 3.86. The molecule has 1 aliphatic rings. The normalized spacial score (nSPS) is 22.1. The van der Waals surface area contributed by atoms with Gasteiger partial charge in [-0.1, -0.05) is 24.9 Å². The molecule has 1 amide bonds. The van der Waals surface area contributed by atoms with Crippen LogP contribution in [0.25, 0.3) is 0 Å². The number of halogens is 1. The Bertz CT molecular complexity index is 562. The first kappa shape index (κ1) is 15.6. The van der Waals surface area contributed by atoms with Crippen LogP contribution < -0.4 is 5.73 Å². The summed E-state index contributed by atoms with van der Waals surface area (Å²) in [6.07, 6.45) is 2.26. The fourth-order valence-corrected chi connectivity index (χ4v) is 2.89. The molecule has 114 valence electrons. The van der Waals surface area contributed by atoms with Gasteiger partial charge in [-0.2, -0.15) is 0 Å². The molecule has 1 fully saturated rings. The summed E-state index contributed by atoms with van der Waals surface area (Å²) in [6.45, 7) is 2.50. The van der Waals surface area contributed by atoms with Crippen LogP contribution in [0, 0.1) is 5.92 Å². The monoisotopic (exact) mass is 310 g/mol. The molecule has 1 heterocycles. The van der Waals surface area contributed by atoms with Gasteiger partial charge in [-0.25, -0.2) is 4.79 Å². The number of carboxylic acid groups (broad SMARTS) is 1. The van der Waals surface area contributed by atoms with Gasteiger partial charge >= 0.3 is 5.97 Å². The maximum atomic E-state index is 12.5. The van der Waals surface area contributed by atoms with E-state index in [0.717, 1.165) is 12.8 Å². The fourth-order valence-electron chi connectivity index (χ4n) is 2.71. The number of nitrogens with two attached hydrogens (primary N) is 1. The number of piperidine rings is 1. The SMILES string of the molecule is CCC1CCN(C(=O)c2ccc(N)c(Cl)c2)C(C(=O)O)C1. The van der Waals surface area contributed by atoms with Crippen molar-refractivity contribution in [2.45, 2.75) is 32.2 Å². The van der Waals surface area contributed by atoms with E-state index in [2.05, 4.69) is 0 Å². The highest BCUT2D eigenvalue weighted by Crippen LogP contribution is 2.28. The molecule has 2 rings (SSSR count). The Labute approximate surface area is 128 Å². The minimum Gasteiger partial charge on any atom is -0.480 e. The molecule has 1 aliphatic heterocycles. The standard InChI is InChI=1S/C15H19ClN2O3/c1-2-9-5-6-18(13(7-9)15(20)21)14(19)10-3-4-12(17)11(16)8-10/h3-4,8-9,13H,2,5-7,17H2,1H3,(H,20,21). The van der Waals surface area contributed by atoms with E-state index in [1.807, 2.05) is 6.92 Å². The summed E-state index contributed by atoms with van der Waals surface area (Å²) in [4.78, 5) is 25.4. The van der Waals surface area contributed by atoms with Gasteiger partial charge < -0.3 is 15.7 Å². The van der Waals surface area contributed by atoms with Crippen LogP contribution in [0.5, 0.6) is 0 Å². The molecule has 0 bridgehead atoms. The van der Waals surface area contributed by atoms with Crippen LogP contribution in [0.2, 0.25) is 5.02 Å². The Balaban J connectivity index is 2.24. The van der Waals surface area contributed by atoms with Crippen molar-refractivity contribution in [3.8, 4) is 0 Å². The maximum absolute atomic E-state index is 12.5. The molecule has 1 saturated heterocycles. The van der Waals surface area contributed by atoms with Crippen LogP contribution in [0.4, 0.5) is 5.69 Å². The Morgan fingerprint density at radius 1 is 1.48 bits per heavy atom. The van der Waals surface area contributed by atoms with Gasteiger partial charge in [0.25, 0.3) is 5.91 Å². The van der Waals surface area contributed by atoms with Gasteiger partial charge in [-0.15, -0.1) is 0 Å². The summed E-state index contributed by atoms with van der Waals surface area (Å²) in [5.41, 5.74) is 6.39. The fraction of sp³-hybridized carbons (Fsp3) is 0.467. The van der Waals surface area contributed by atoms with E-state index < -0.39 is 12.0 Å². The van der Waals surface area contributed by atoms with Crippen molar-refractivity contribution in [3.63, 3.8) is 0 Å². The number of carbonyl (C=O) groups excluding carboxylic acids is 1. The predicted molar refractivity (Wildman–Crippen MR) is 81.3 cm³/mol. The third kappa shape index (κ3) is 3.29. The molecule has 3 N–H and O–H groups in total. The highest BCUT2D eigenvalue weighted by molar-refractivity contribution is 6.33. The Morgan fingerprint density at radius 2 is 2.19 bits per heavy atom. The number of amides is 1. The van der Waals surface area contributed by atoms with Gasteiger partial charge in [0.1, 0.15) is 6.04 Å². The maximum Gasteiger partial charge on any atom is 0.326 e. The Hall–Kier alpha value is -1.75. The zero-order valence-electron chi connectivity index (χ0n) is 11.9. The minimum atomic E-state index is -0.956. The first-order chi connectivity index (χ1) is 9.93. The number of hydrogen-bond donors (Lipinski definition) is 2. The molecule has 2 atom stereocenters. The van der Waals surface area contributed by atoms with Gasteiger partial charge in [-0.05, 0) is 37.0 Å². The van der Waals surface area contributed by atoms with Gasteiger partial charge in [0.05, 0.1) is 10.7 Å². The second-order valence-electron chi connectivity index (χ2n) is 5.39. The molecule has 1 aromatic carbocycles. The van der Waals surface area contributed by atoms with E-state index in [9.17, 15) is 14.7 Å². The van der Waals surface area contributed by atoms with Crippen LogP contribution >= 0.6 is 11.6 Å². The van der Waals surface area contributed by atoms with E-state index in [-0.39, 0.29) is 5.91 Å². The Kier molecular flexibility index (Phi) is 4.73. The molecule has 0 radical (unpaired) electrons. The average Bonchev–Trinajstić information content (AvgIpc) is 2.48. The van der Waals surface area contributed by atoms with Gasteiger partial charge in [0.15, 0.2) is 0 Å². The Morgan fingerprint density at radius 3 is 2.76 bits per heavy atom. The summed E-state index contributed by atoms with van der Waals surface area (Å²) < 4.78 is 0. The number of likely N-dealkylation sites (tertiary alicyclic amines) is 1. The number of carboxylic acids is 1. The molecular formula is C15H19ClN2O3. The average molecular weight is 311 g/mol. The van der Waals surface area contributed by atoms with E-state index in [1.54, 1.807) is 12.1 Å². The summed E-state index contributed by atoms with van der Waals surface area (Å²) in [5.74, 6) is -0.910. The van der Waals surface area contributed by atoms with Gasteiger partial charge in [0.2, 0.25) is 0 Å². The third-order valence-electron chi connectivity index (χ3n) is 4.08. The van der Waals surface area contributed by atoms with Crippen LogP contribution in [0.15, 0.2) is 18.2 Å². The van der Waals surface area contributed by atoms with Gasteiger partial charge in [0, 0.05) is 12.1 Å². The van der Waals surface area contributed by atoms with E-state index >= 15 is 0 Å².